The predicted octanol–water partition coefficient (Wildman–Crippen LogP) is 2.42. The van der Waals surface area contributed by atoms with Gasteiger partial charge in [-0.25, -0.2) is 4.74 Å². The third kappa shape index (κ3) is 2.27. The van der Waals surface area contributed by atoms with E-state index in [4.69, 9.17) is 8.97 Å². The first-order chi connectivity index (χ1) is 10.3. The lowest BCUT2D eigenvalue weighted by Gasteiger charge is -2.54. The average Bonchev–Trinajstić information content (AvgIpc) is 2.85. The second-order valence-electron chi connectivity index (χ2n) is 7.23. The lowest BCUT2D eigenvalue weighted by Crippen LogP contribution is -2.55. The van der Waals surface area contributed by atoms with E-state index in [1.165, 1.54) is 31.5 Å². The van der Waals surface area contributed by atoms with Crippen molar-refractivity contribution >= 4 is 16.3 Å². The number of furan rings is 1. The molecule has 0 aliphatic heterocycles. The van der Waals surface area contributed by atoms with Crippen LogP contribution in [0.15, 0.2) is 21.6 Å². The lowest BCUT2D eigenvalue weighted by atomic mass is 9.53. The predicted molar refractivity (Wildman–Crippen MR) is 78.2 cm³/mol. The summed E-state index contributed by atoms with van der Waals surface area (Å²) >= 11 is 0. The highest BCUT2D eigenvalue weighted by Crippen LogP contribution is 2.56. The van der Waals surface area contributed by atoms with Gasteiger partial charge in [-0.3, -0.25) is 4.55 Å². The van der Waals surface area contributed by atoms with Crippen LogP contribution in [0.1, 0.15) is 44.3 Å². The molecule has 7 heteroatoms. The molecule has 0 amide bonds. The Morgan fingerprint density at radius 1 is 1.18 bits per heavy atom. The van der Waals surface area contributed by atoms with Gasteiger partial charge < -0.3 is 9.62 Å². The van der Waals surface area contributed by atoms with E-state index in [2.05, 4.69) is 0 Å². The molecule has 1 aromatic heterocycles. The minimum Gasteiger partial charge on any atom is -0.623 e. The molecule has 0 unspecified atom stereocenters. The summed E-state index contributed by atoms with van der Waals surface area (Å²) < 4.78 is 37.0. The molecule has 0 aromatic carbocycles. The third-order valence-electron chi connectivity index (χ3n) is 5.57. The minimum atomic E-state index is -4.37. The summed E-state index contributed by atoms with van der Waals surface area (Å²) in [6, 6.07) is 2.56. The van der Waals surface area contributed by atoms with Gasteiger partial charge in [0.1, 0.15) is 0 Å². The second-order valence-corrected chi connectivity index (χ2v) is 8.58. The van der Waals surface area contributed by atoms with Crippen molar-refractivity contribution < 1.29 is 22.1 Å². The first kappa shape index (κ1) is 14.3. The zero-order chi connectivity index (χ0) is 15.5. The molecule has 1 aromatic rings. The van der Waals surface area contributed by atoms with Crippen molar-refractivity contribution in [3.63, 3.8) is 0 Å². The van der Waals surface area contributed by atoms with Crippen molar-refractivity contribution in [3.05, 3.63) is 23.1 Å². The Morgan fingerprint density at radius 3 is 2.18 bits per heavy atom. The van der Waals surface area contributed by atoms with Gasteiger partial charge in [0.15, 0.2) is 11.3 Å². The summed E-state index contributed by atoms with van der Waals surface area (Å²) in [5, 5.41) is 12.2. The summed E-state index contributed by atoms with van der Waals surface area (Å²) in [4.78, 5) is 0. The van der Waals surface area contributed by atoms with Gasteiger partial charge in [-0.1, -0.05) is 0 Å². The van der Waals surface area contributed by atoms with Crippen LogP contribution in [-0.4, -0.2) is 29.5 Å². The Bertz CT molecular complexity index is 698. The van der Waals surface area contributed by atoms with E-state index in [0.29, 0.717) is 17.8 Å². The van der Waals surface area contributed by atoms with Crippen LogP contribution < -0.4 is 0 Å². The van der Waals surface area contributed by atoms with E-state index in [0.717, 1.165) is 30.1 Å². The molecule has 0 spiro atoms. The van der Waals surface area contributed by atoms with Crippen LogP contribution in [0.2, 0.25) is 0 Å². The number of hydrogen-bond donors (Lipinski definition) is 1. The molecule has 0 saturated heterocycles. The SMILES string of the molecule is O=S(=O)(O)c1ccc(C=[N+]([O-])C23CC4CC(CC(C4)C2)C3)o1. The molecule has 22 heavy (non-hydrogen) atoms. The van der Waals surface area contributed by atoms with Gasteiger partial charge in [0.05, 0.1) is 0 Å². The van der Waals surface area contributed by atoms with Gasteiger partial charge >= 0.3 is 10.1 Å². The zero-order valence-electron chi connectivity index (χ0n) is 12.1. The molecule has 4 bridgehead atoms. The molecular formula is C15H19NO5S. The quantitative estimate of drug-likeness (QED) is 0.303. The van der Waals surface area contributed by atoms with Gasteiger partial charge in [-0.05, 0) is 49.1 Å². The van der Waals surface area contributed by atoms with Crippen LogP contribution >= 0.6 is 0 Å². The molecule has 6 nitrogen and oxygen atoms in total. The van der Waals surface area contributed by atoms with Gasteiger partial charge in [-0.15, -0.1) is 0 Å². The third-order valence-corrected chi connectivity index (χ3v) is 6.30. The summed E-state index contributed by atoms with van der Waals surface area (Å²) in [5.41, 5.74) is -0.347. The molecule has 1 N–H and O–H groups in total. The Hall–Kier alpha value is -1.34. The normalized spacial score (nSPS) is 37.7. The monoisotopic (exact) mass is 325 g/mol. The summed E-state index contributed by atoms with van der Waals surface area (Å²) in [6.45, 7) is 0. The number of nitrogens with zero attached hydrogens (tertiary/aromatic N) is 1. The molecule has 1 heterocycles. The highest BCUT2D eigenvalue weighted by molar-refractivity contribution is 7.85. The highest BCUT2D eigenvalue weighted by Gasteiger charge is 2.56. The maximum absolute atomic E-state index is 12.7. The summed E-state index contributed by atoms with van der Waals surface area (Å²) in [5.74, 6) is 2.13. The molecule has 0 atom stereocenters. The molecule has 0 radical (unpaired) electrons. The maximum atomic E-state index is 12.7. The topological polar surface area (TPSA) is 93.6 Å². The Kier molecular flexibility index (Phi) is 2.97. The molecule has 4 saturated carbocycles. The van der Waals surface area contributed by atoms with Crippen molar-refractivity contribution in [2.45, 2.75) is 49.2 Å². The van der Waals surface area contributed by atoms with Crippen LogP contribution in [0.5, 0.6) is 0 Å². The molecule has 4 aliphatic carbocycles. The second kappa shape index (κ2) is 4.58. The van der Waals surface area contributed by atoms with Gasteiger partial charge in [-0.2, -0.15) is 8.42 Å². The van der Waals surface area contributed by atoms with Gasteiger partial charge in [0.25, 0.3) is 0 Å². The van der Waals surface area contributed by atoms with Crippen molar-refractivity contribution in [1.82, 2.24) is 0 Å². The van der Waals surface area contributed by atoms with Gasteiger partial charge in [0, 0.05) is 19.3 Å². The first-order valence-electron chi connectivity index (χ1n) is 7.73. The maximum Gasteiger partial charge on any atom is 0.328 e. The fourth-order valence-electron chi connectivity index (χ4n) is 5.13. The van der Waals surface area contributed by atoms with Crippen LogP contribution in [-0.2, 0) is 10.1 Å². The highest BCUT2D eigenvalue weighted by atomic mass is 32.2. The van der Waals surface area contributed by atoms with E-state index < -0.39 is 15.2 Å². The van der Waals surface area contributed by atoms with E-state index in [9.17, 15) is 13.6 Å². The van der Waals surface area contributed by atoms with Crippen molar-refractivity contribution in [2.75, 3.05) is 0 Å². The molecule has 5 rings (SSSR count). The van der Waals surface area contributed by atoms with E-state index in [1.54, 1.807) is 0 Å². The summed E-state index contributed by atoms with van der Waals surface area (Å²) in [7, 11) is -4.37. The van der Waals surface area contributed by atoms with E-state index >= 15 is 0 Å². The smallest absolute Gasteiger partial charge is 0.328 e. The van der Waals surface area contributed by atoms with Crippen LogP contribution in [0.4, 0.5) is 0 Å². The number of rotatable bonds is 3. The molecule has 4 aliphatic rings. The summed E-state index contributed by atoms with van der Waals surface area (Å²) in [6.07, 6.45) is 7.85. The number of hydrogen-bond acceptors (Lipinski definition) is 4. The van der Waals surface area contributed by atoms with Crippen LogP contribution in [0, 0.1) is 23.0 Å². The van der Waals surface area contributed by atoms with Crippen LogP contribution in [0.25, 0.3) is 0 Å². The largest absolute Gasteiger partial charge is 0.623 e. The van der Waals surface area contributed by atoms with E-state index in [-0.39, 0.29) is 11.3 Å². The standard InChI is InChI=1S/C15H19NO5S/c17-16(9-13-1-2-14(21-13)22(18,19)20)15-6-10-3-11(7-15)5-12(4-10)8-15/h1-2,9-12H,3-8H2,(H,18,19,20). The van der Waals surface area contributed by atoms with Crippen molar-refractivity contribution in [2.24, 2.45) is 17.8 Å². The van der Waals surface area contributed by atoms with Crippen molar-refractivity contribution in [3.8, 4) is 0 Å². The van der Waals surface area contributed by atoms with Crippen molar-refractivity contribution in [1.29, 1.82) is 0 Å². The fraction of sp³-hybridized carbons (Fsp3) is 0.667. The van der Waals surface area contributed by atoms with E-state index in [1.807, 2.05) is 0 Å². The average molecular weight is 325 g/mol. The minimum absolute atomic E-state index is 0.165. The van der Waals surface area contributed by atoms with Crippen LogP contribution in [0.3, 0.4) is 0 Å². The molecule has 4 fully saturated rings. The fourth-order valence-corrected chi connectivity index (χ4v) is 5.57. The Balaban J connectivity index is 1.64. The first-order valence-corrected chi connectivity index (χ1v) is 9.17. The number of hydroxylamine groups is 1. The lowest BCUT2D eigenvalue weighted by molar-refractivity contribution is -0.566. The Labute approximate surface area is 129 Å². The molecule has 120 valence electrons. The Morgan fingerprint density at radius 2 is 1.73 bits per heavy atom. The molecular weight excluding hydrogens is 306 g/mol. The zero-order valence-corrected chi connectivity index (χ0v) is 13.0. The van der Waals surface area contributed by atoms with Gasteiger partial charge in [0.2, 0.25) is 11.3 Å².